The Morgan fingerprint density at radius 3 is 2.44 bits per heavy atom. The molecule has 0 aliphatic carbocycles. The molecule has 0 unspecified atom stereocenters. The predicted octanol–water partition coefficient (Wildman–Crippen LogP) is 5.03. The number of rotatable bonds is 3. The fraction of sp³-hybridized carbons (Fsp3) is 0.316. The summed E-state index contributed by atoms with van der Waals surface area (Å²) in [6, 6.07) is 11.7. The lowest BCUT2D eigenvalue weighted by molar-refractivity contribution is -0.137. The molecule has 25 heavy (non-hydrogen) atoms. The van der Waals surface area contributed by atoms with Crippen molar-refractivity contribution in [2.24, 2.45) is 0 Å². The third-order valence-corrected chi connectivity index (χ3v) is 4.55. The van der Waals surface area contributed by atoms with Gasteiger partial charge >= 0.3 is 6.18 Å². The molecule has 1 fully saturated rings. The highest BCUT2D eigenvalue weighted by Crippen LogP contribution is 2.32. The number of benzene rings is 2. The molecule has 1 N–H and O–H groups in total. The maximum atomic E-state index is 12.9. The molecule has 0 bridgehead atoms. The zero-order valence-corrected chi connectivity index (χ0v) is 13.5. The topological polar surface area (TPSA) is 44.1 Å². The summed E-state index contributed by atoms with van der Waals surface area (Å²) in [6.45, 7) is 0.776. The molecular weight excluding hydrogens is 329 g/mol. The number of halogens is 3. The van der Waals surface area contributed by atoms with Crippen molar-refractivity contribution in [3.8, 4) is 11.1 Å². The summed E-state index contributed by atoms with van der Waals surface area (Å²) in [5, 5.41) is 0. The summed E-state index contributed by atoms with van der Waals surface area (Å²) >= 11 is 0. The molecule has 3 rings (SSSR count). The Labute approximate surface area is 144 Å². The van der Waals surface area contributed by atoms with E-state index in [4.69, 9.17) is 5.73 Å². The fourth-order valence-electron chi connectivity index (χ4n) is 3.23. The SMILES string of the molecule is [NH-]C[C@@H]1CCCN1C(=O)c1ccccc1-c1ccc(C(F)(F)F)cc1. The molecule has 1 saturated heterocycles. The lowest BCUT2D eigenvalue weighted by atomic mass is 9.97. The quantitative estimate of drug-likeness (QED) is 0.768. The average Bonchev–Trinajstić information content (AvgIpc) is 3.09. The smallest absolute Gasteiger partial charge is 0.416 e. The minimum Gasteiger partial charge on any atom is -0.676 e. The number of likely N-dealkylation sites (tertiary alicyclic amines) is 1. The van der Waals surface area contributed by atoms with E-state index in [1.165, 1.54) is 12.1 Å². The Morgan fingerprint density at radius 1 is 1.12 bits per heavy atom. The number of carbonyl (C=O) groups excluding carboxylic acids is 1. The van der Waals surface area contributed by atoms with E-state index in [1.807, 2.05) is 0 Å². The monoisotopic (exact) mass is 347 g/mol. The first-order chi connectivity index (χ1) is 11.9. The largest absolute Gasteiger partial charge is 0.676 e. The molecule has 6 heteroatoms. The number of nitrogens with zero attached hydrogens (tertiary/aromatic N) is 1. The molecular formula is C19H18F3N2O-. The van der Waals surface area contributed by atoms with Gasteiger partial charge in [0.15, 0.2) is 0 Å². The van der Waals surface area contributed by atoms with Gasteiger partial charge in [0.25, 0.3) is 5.91 Å². The van der Waals surface area contributed by atoms with E-state index in [0.29, 0.717) is 23.2 Å². The fourth-order valence-corrected chi connectivity index (χ4v) is 3.23. The van der Waals surface area contributed by atoms with Crippen molar-refractivity contribution in [3.05, 3.63) is 65.4 Å². The molecule has 1 aliphatic heterocycles. The van der Waals surface area contributed by atoms with Crippen LogP contribution >= 0.6 is 0 Å². The standard InChI is InChI=1S/C19H18F3N2O/c20-19(21,22)14-9-7-13(8-10-14)16-5-1-2-6-17(16)18(25)24-11-3-4-15(24)12-23/h1-2,5-10,15,23H,3-4,11-12H2/q-1/t15-/m0/s1. The summed E-state index contributed by atoms with van der Waals surface area (Å²) < 4.78 is 38.2. The van der Waals surface area contributed by atoms with Crippen LogP contribution in [0.5, 0.6) is 0 Å². The van der Waals surface area contributed by atoms with E-state index >= 15 is 0 Å². The molecule has 132 valence electrons. The third kappa shape index (κ3) is 3.54. The average molecular weight is 347 g/mol. The Morgan fingerprint density at radius 2 is 1.80 bits per heavy atom. The first-order valence-electron chi connectivity index (χ1n) is 8.14. The zero-order valence-electron chi connectivity index (χ0n) is 13.5. The Bertz CT molecular complexity index is 756. The molecule has 2 aromatic rings. The number of hydrogen-bond donors (Lipinski definition) is 0. The van der Waals surface area contributed by atoms with Crippen molar-refractivity contribution in [3.63, 3.8) is 0 Å². The maximum Gasteiger partial charge on any atom is 0.416 e. The second-order valence-electron chi connectivity index (χ2n) is 6.12. The van der Waals surface area contributed by atoms with Gasteiger partial charge < -0.3 is 10.6 Å². The van der Waals surface area contributed by atoms with Gasteiger partial charge in [0.1, 0.15) is 0 Å². The first kappa shape index (κ1) is 17.5. The second-order valence-corrected chi connectivity index (χ2v) is 6.12. The Balaban J connectivity index is 1.95. The van der Waals surface area contributed by atoms with Gasteiger partial charge in [-0.1, -0.05) is 30.3 Å². The van der Waals surface area contributed by atoms with Gasteiger partial charge in [-0.25, -0.2) is 0 Å². The zero-order chi connectivity index (χ0) is 18.0. The van der Waals surface area contributed by atoms with Crippen molar-refractivity contribution in [2.45, 2.75) is 25.1 Å². The van der Waals surface area contributed by atoms with Crippen LogP contribution in [-0.2, 0) is 6.18 Å². The summed E-state index contributed by atoms with van der Waals surface area (Å²) in [5.74, 6) is -0.162. The molecule has 0 saturated carbocycles. The van der Waals surface area contributed by atoms with Crippen LogP contribution in [0.25, 0.3) is 16.9 Å². The summed E-state index contributed by atoms with van der Waals surface area (Å²) in [6.07, 6.45) is -2.69. The van der Waals surface area contributed by atoms with Crippen LogP contribution in [-0.4, -0.2) is 29.9 Å². The highest BCUT2D eigenvalue weighted by molar-refractivity contribution is 6.01. The minimum absolute atomic E-state index is 0.0897. The molecule has 2 aromatic carbocycles. The van der Waals surface area contributed by atoms with Gasteiger partial charge in [-0.2, -0.15) is 13.2 Å². The van der Waals surface area contributed by atoms with Crippen molar-refractivity contribution < 1.29 is 18.0 Å². The van der Waals surface area contributed by atoms with E-state index in [-0.39, 0.29) is 18.5 Å². The van der Waals surface area contributed by atoms with Gasteiger partial charge in [-0.3, -0.25) is 4.79 Å². The van der Waals surface area contributed by atoms with Crippen molar-refractivity contribution in [1.82, 2.24) is 4.90 Å². The van der Waals surface area contributed by atoms with Crippen LogP contribution in [0.1, 0.15) is 28.8 Å². The number of alkyl halides is 3. The maximum absolute atomic E-state index is 12.9. The third-order valence-electron chi connectivity index (χ3n) is 4.55. The Kier molecular flexibility index (Phi) is 4.81. The molecule has 0 aromatic heterocycles. The number of carbonyl (C=O) groups is 1. The first-order valence-corrected chi connectivity index (χ1v) is 8.14. The van der Waals surface area contributed by atoms with Gasteiger partial charge in [-0.05, 0) is 42.2 Å². The Hall–Kier alpha value is -2.34. The van der Waals surface area contributed by atoms with E-state index in [1.54, 1.807) is 29.2 Å². The second kappa shape index (κ2) is 6.88. The highest BCUT2D eigenvalue weighted by atomic mass is 19.4. The number of hydrogen-bond acceptors (Lipinski definition) is 1. The van der Waals surface area contributed by atoms with Gasteiger partial charge in [0, 0.05) is 18.2 Å². The van der Waals surface area contributed by atoms with E-state index in [0.717, 1.165) is 25.0 Å². The summed E-state index contributed by atoms with van der Waals surface area (Å²) in [5.41, 5.74) is 8.51. The molecule has 1 aliphatic rings. The molecule has 0 spiro atoms. The summed E-state index contributed by atoms with van der Waals surface area (Å²) in [4.78, 5) is 14.6. The van der Waals surface area contributed by atoms with Crippen LogP contribution < -0.4 is 0 Å². The van der Waals surface area contributed by atoms with Gasteiger partial charge in [0.05, 0.1) is 5.56 Å². The van der Waals surface area contributed by atoms with E-state index < -0.39 is 11.7 Å². The molecule has 1 atom stereocenters. The van der Waals surface area contributed by atoms with E-state index in [2.05, 4.69) is 0 Å². The summed E-state index contributed by atoms with van der Waals surface area (Å²) in [7, 11) is 0. The van der Waals surface area contributed by atoms with Crippen molar-refractivity contribution in [2.75, 3.05) is 13.1 Å². The normalized spacial score (nSPS) is 17.8. The van der Waals surface area contributed by atoms with Gasteiger partial charge in [-0.15, -0.1) is 6.54 Å². The lowest BCUT2D eigenvalue weighted by Crippen LogP contribution is -2.37. The molecule has 1 heterocycles. The molecule has 3 nitrogen and oxygen atoms in total. The number of amides is 1. The van der Waals surface area contributed by atoms with Crippen molar-refractivity contribution >= 4 is 5.91 Å². The van der Waals surface area contributed by atoms with Crippen LogP contribution in [0.15, 0.2) is 48.5 Å². The van der Waals surface area contributed by atoms with Crippen LogP contribution in [0.4, 0.5) is 13.2 Å². The molecule has 0 radical (unpaired) electrons. The minimum atomic E-state index is -4.38. The van der Waals surface area contributed by atoms with Crippen LogP contribution in [0, 0.1) is 0 Å². The predicted molar refractivity (Wildman–Crippen MR) is 90.1 cm³/mol. The highest BCUT2D eigenvalue weighted by Gasteiger charge is 2.31. The van der Waals surface area contributed by atoms with Gasteiger partial charge in [0.2, 0.25) is 0 Å². The van der Waals surface area contributed by atoms with E-state index in [9.17, 15) is 18.0 Å². The van der Waals surface area contributed by atoms with Crippen molar-refractivity contribution in [1.29, 1.82) is 0 Å². The van der Waals surface area contributed by atoms with Crippen LogP contribution in [0.2, 0.25) is 0 Å². The lowest BCUT2D eigenvalue weighted by Gasteiger charge is -2.27. The molecule has 1 amide bonds. The number of nitrogens with one attached hydrogen (secondary N) is 1. The van der Waals surface area contributed by atoms with Crippen LogP contribution in [0.3, 0.4) is 0 Å².